The second-order valence-corrected chi connectivity index (χ2v) is 5.08. The third kappa shape index (κ3) is 4.68. The largest absolute Gasteiger partial charge is 0.481 e. The minimum atomic E-state index is -0.763. The molecule has 1 rings (SSSR count). The molecule has 0 aromatic carbocycles. The lowest BCUT2D eigenvalue weighted by molar-refractivity contribution is -0.141. The molecule has 1 aromatic rings. The van der Waals surface area contributed by atoms with Gasteiger partial charge in [-0.05, 0) is 26.7 Å². The molecule has 0 radical (unpaired) electrons. The molecule has 0 aliphatic rings. The molecule has 20 heavy (non-hydrogen) atoms. The third-order valence-electron chi connectivity index (χ3n) is 3.33. The second-order valence-electron chi connectivity index (χ2n) is 5.08. The van der Waals surface area contributed by atoms with Crippen LogP contribution in [-0.4, -0.2) is 26.7 Å². The van der Waals surface area contributed by atoms with E-state index >= 15 is 0 Å². The first-order valence-corrected chi connectivity index (χ1v) is 7.00. The summed E-state index contributed by atoms with van der Waals surface area (Å²) in [6.45, 7) is 6.19. The third-order valence-corrected chi connectivity index (χ3v) is 3.33. The van der Waals surface area contributed by atoms with Gasteiger partial charge in [0.15, 0.2) is 5.82 Å². The van der Waals surface area contributed by atoms with Crippen LogP contribution >= 0.6 is 0 Å². The minimum Gasteiger partial charge on any atom is -0.481 e. The Labute approximate surface area is 118 Å². The summed E-state index contributed by atoms with van der Waals surface area (Å²) in [6, 6.07) is 0.0869. The predicted molar refractivity (Wildman–Crippen MR) is 77.9 cm³/mol. The summed E-state index contributed by atoms with van der Waals surface area (Å²) in [5.74, 6) is -0.733. The van der Waals surface area contributed by atoms with Gasteiger partial charge in [-0.25, -0.2) is 4.98 Å². The van der Waals surface area contributed by atoms with Gasteiger partial charge in [0.2, 0.25) is 0 Å². The van der Waals surface area contributed by atoms with Crippen molar-refractivity contribution in [2.24, 2.45) is 5.92 Å². The Morgan fingerprint density at radius 1 is 1.45 bits per heavy atom. The summed E-state index contributed by atoms with van der Waals surface area (Å²) in [5.41, 5.74) is -0.124. The van der Waals surface area contributed by atoms with E-state index in [2.05, 4.69) is 10.3 Å². The van der Waals surface area contributed by atoms with Crippen LogP contribution in [0, 0.1) is 5.92 Å². The van der Waals surface area contributed by atoms with E-state index in [4.69, 9.17) is 5.11 Å². The molecule has 112 valence electrons. The highest BCUT2D eigenvalue weighted by molar-refractivity contribution is 5.69. The topological polar surface area (TPSA) is 84.2 Å². The van der Waals surface area contributed by atoms with Crippen molar-refractivity contribution in [3.63, 3.8) is 0 Å². The Morgan fingerprint density at radius 3 is 2.75 bits per heavy atom. The molecule has 0 aliphatic heterocycles. The lowest BCUT2D eigenvalue weighted by atomic mass is 10.0. The van der Waals surface area contributed by atoms with E-state index in [0.717, 1.165) is 12.8 Å². The fraction of sp³-hybridized carbons (Fsp3) is 0.643. The second kappa shape index (κ2) is 7.67. The van der Waals surface area contributed by atoms with E-state index in [-0.39, 0.29) is 17.5 Å². The monoisotopic (exact) mass is 281 g/mol. The van der Waals surface area contributed by atoms with E-state index in [0.29, 0.717) is 18.8 Å². The quantitative estimate of drug-likeness (QED) is 0.761. The molecule has 0 fully saturated rings. The minimum absolute atomic E-state index is 0.0869. The normalized spacial score (nSPS) is 13.8. The Morgan fingerprint density at radius 2 is 2.15 bits per heavy atom. The molecule has 6 heteroatoms. The number of carbonyl (C=O) groups is 1. The standard InChI is InChI=1S/C14H23N3O3/c1-4-17-9-8-15-12(13(17)18)16-11(3)7-5-6-10(2)14(19)20/h8-11H,4-7H2,1-3H3,(H,15,16)(H,19,20). The van der Waals surface area contributed by atoms with E-state index < -0.39 is 5.97 Å². The van der Waals surface area contributed by atoms with Crippen LogP contribution in [0.3, 0.4) is 0 Å². The van der Waals surface area contributed by atoms with Crippen molar-refractivity contribution < 1.29 is 9.90 Å². The van der Waals surface area contributed by atoms with Gasteiger partial charge in [-0.3, -0.25) is 9.59 Å². The summed E-state index contributed by atoms with van der Waals surface area (Å²) < 4.78 is 1.59. The van der Waals surface area contributed by atoms with Gasteiger partial charge in [0.25, 0.3) is 5.56 Å². The van der Waals surface area contributed by atoms with E-state index in [1.54, 1.807) is 23.9 Å². The molecule has 2 N–H and O–H groups in total. The molecule has 0 bridgehead atoms. The highest BCUT2D eigenvalue weighted by atomic mass is 16.4. The van der Waals surface area contributed by atoms with Crippen LogP contribution < -0.4 is 10.9 Å². The van der Waals surface area contributed by atoms with Crippen LogP contribution in [0.25, 0.3) is 0 Å². The van der Waals surface area contributed by atoms with Gasteiger partial charge in [0.1, 0.15) is 0 Å². The number of nitrogens with zero attached hydrogens (tertiary/aromatic N) is 2. The van der Waals surface area contributed by atoms with Crippen LogP contribution in [-0.2, 0) is 11.3 Å². The average molecular weight is 281 g/mol. The first kappa shape index (κ1) is 16.2. The van der Waals surface area contributed by atoms with Crippen LogP contribution in [0.2, 0.25) is 0 Å². The van der Waals surface area contributed by atoms with Crippen molar-refractivity contribution in [2.75, 3.05) is 5.32 Å². The summed E-state index contributed by atoms with van der Waals surface area (Å²) in [7, 11) is 0. The summed E-state index contributed by atoms with van der Waals surface area (Å²) >= 11 is 0. The predicted octanol–water partition coefficient (Wildman–Crippen LogP) is 1.95. The fourth-order valence-electron chi connectivity index (χ4n) is 1.95. The summed E-state index contributed by atoms with van der Waals surface area (Å²) in [6.07, 6.45) is 5.51. The van der Waals surface area contributed by atoms with Gasteiger partial charge >= 0.3 is 5.97 Å². The van der Waals surface area contributed by atoms with Gasteiger partial charge in [-0.15, -0.1) is 0 Å². The SMILES string of the molecule is CCn1ccnc(NC(C)CCCC(C)C(=O)O)c1=O. The van der Waals surface area contributed by atoms with Gasteiger partial charge in [0.05, 0.1) is 5.92 Å². The van der Waals surface area contributed by atoms with Crippen LogP contribution in [0.4, 0.5) is 5.82 Å². The molecule has 0 amide bonds. The molecule has 1 heterocycles. The molecule has 1 aromatic heterocycles. The summed E-state index contributed by atoms with van der Waals surface area (Å²) in [5, 5.41) is 11.9. The lowest BCUT2D eigenvalue weighted by Crippen LogP contribution is -2.27. The van der Waals surface area contributed by atoms with Gasteiger partial charge < -0.3 is 15.0 Å². The Balaban J connectivity index is 2.49. The fourth-order valence-corrected chi connectivity index (χ4v) is 1.95. The number of hydrogen-bond donors (Lipinski definition) is 2. The molecular formula is C14H23N3O3. The number of carboxylic acid groups (broad SMARTS) is 1. The zero-order valence-electron chi connectivity index (χ0n) is 12.3. The van der Waals surface area contributed by atoms with Crippen LogP contribution in [0.1, 0.15) is 40.0 Å². The van der Waals surface area contributed by atoms with Crippen molar-refractivity contribution >= 4 is 11.8 Å². The smallest absolute Gasteiger partial charge is 0.306 e. The number of aryl methyl sites for hydroxylation is 1. The van der Waals surface area contributed by atoms with Crippen molar-refractivity contribution in [1.29, 1.82) is 0 Å². The molecule has 0 saturated carbocycles. The number of nitrogens with one attached hydrogen (secondary N) is 1. The number of aromatic nitrogens is 2. The highest BCUT2D eigenvalue weighted by Crippen LogP contribution is 2.11. The zero-order chi connectivity index (χ0) is 15.1. The van der Waals surface area contributed by atoms with E-state index in [9.17, 15) is 9.59 Å². The Kier molecular flexibility index (Phi) is 6.21. The van der Waals surface area contributed by atoms with Crippen LogP contribution in [0.15, 0.2) is 17.2 Å². The molecular weight excluding hydrogens is 258 g/mol. The Bertz CT molecular complexity index is 499. The number of rotatable bonds is 8. The van der Waals surface area contributed by atoms with E-state index in [1.807, 2.05) is 13.8 Å². The number of carboxylic acids is 1. The molecule has 6 nitrogen and oxygen atoms in total. The lowest BCUT2D eigenvalue weighted by Gasteiger charge is -2.15. The van der Waals surface area contributed by atoms with Gasteiger partial charge in [-0.1, -0.05) is 13.3 Å². The van der Waals surface area contributed by atoms with Crippen molar-refractivity contribution in [3.8, 4) is 0 Å². The summed E-state index contributed by atoms with van der Waals surface area (Å²) in [4.78, 5) is 26.7. The van der Waals surface area contributed by atoms with Crippen molar-refractivity contribution in [1.82, 2.24) is 9.55 Å². The first-order chi connectivity index (χ1) is 9.45. The average Bonchev–Trinajstić information content (AvgIpc) is 2.41. The Hall–Kier alpha value is -1.85. The highest BCUT2D eigenvalue weighted by Gasteiger charge is 2.12. The van der Waals surface area contributed by atoms with Crippen molar-refractivity contribution in [2.45, 2.75) is 52.6 Å². The van der Waals surface area contributed by atoms with Crippen LogP contribution in [0.5, 0.6) is 0 Å². The maximum atomic E-state index is 12.0. The van der Waals surface area contributed by atoms with Crippen molar-refractivity contribution in [3.05, 3.63) is 22.7 Å². The van der Waals surface area contributed by atoms with E-state index in [1.165, 1.54) is 0 Å². The number of hydrogen-bond acceptors (Lipinski definition) is 4. The molecule has 0 aliphatic carbocycles. The maximum absolute atomic E-state index is 12.0. The first-order valence-electron chi connectivity index (χ1n) is 7.00. The van der Waals surface area contributed by atoms with Gasteiger partial charge in [-0.2, -0.15) is 0 Å². The molecule has 0 spiro atoms. The molecule has 2 atom stereocenters. The number of aliphatic carboxylic acids is 1. The number of anilines is 1. The molecule has 2 unspecified atom stereocenters. The molecule has 0 saturated heterocycles. The van der Waals surface area contributed by atoms with Gasteiger partial charge in [0, 0.05) is 25.0 Å². The zero-order valence-corrected chi connectivity index (χ0v) is 12.3. The maximum Gasteiger partial charge on any atom is 0.306 e.